The Morgan fingerprint density at radius 2 is 2.16 bits per heavy atom. The summed E-state index contributed by atoms with van der Waals surface area (Å²) in [6.45, 7) is 2.84. The van der Waals surface area contributed by atoms with E-state index in [0.717, 1.165) is 12.0 Å². The van der Waals surface area contributed by atoms with Crippen LogP contribution in [0.1, 0.15) is 25.3 Å². The molecule has 0 saturated carbocycles. The van der Waals surface area contributed by atoms with Gasteiger partial charge in [-0.25, -0.2) is 4.79 Å². The molecule has 1 aromatic rings. The lowest BCUT2D eigenvalue weighted by molar-refractivity contribution is -0.132. The fourth-order valence-electron chi connectivity index (χ4n) is 2.80. The van der Waals surface area contributed by atoms with E-state index < -0.39 is 5.54 Å². The summed E-state index contributed by atoms with van der Waals surface area (Å²) >= 11 is 0. The van der Waals surface area contributed by atoms with E-state index in [1.54, 1.807) is 0 Å². The van der Waals surface area contributed by atoms with Gasteiger partial charge in [-0.15, -0.1) is 0 Å². The fraction of sp³-hybridized carbons (Fsp3) is 0.429. The zero-order valence-corrected chi connectivity index (χ0v) is 10.8. The number of rotatable bonds is 2. The van der Waals surface area contributed by atoms with Crippen molar-refractivity contribution in [2.24, 2.45) is 0 Å². The molecule has 2 heterocycles. The predicted octanol–water partition coefficient (Wildman–Crippen LogP) is 1.63. The van der Waals surface area contributed by atoms with Crippen molar-refractivity contribution in [3.8, 4) is 5.75 Å². The van der Waals surface area contributed by atoms with Crippen LogP contribution in [-0.4, -0.2) is 30.0 Å². The van der Waals surface area contributed by atoms with E-state index in [2.05, 4.69) is 5.32 Å². The van der Waals surface area contributed by atoms with E-state index in [4.69, 9.17) is 4.74 Å². The molecule has 3 rings (SSSR count). The normalized spacial score (nSPS) is 25.2. The molecule has 1 spiro atoms. The Morgan fingerprint density at radius 3 is 2.95 bits per heavy atom. The molecule has 2 aliphatic rings. The van der Waals surface area contributed by atoms with Crippen LogP contribution in [0.5, 0.6) is 5.75 Å². The quantitative estimate of drug-likeness (QED) is 0.822. The number of carbonyl (C=O) groups is 2. The Balaban J connectivity index is 2.06. The fourth-order valence-corrected chi connectivity index (χ4v) is 2.80. The molecule has 1 aromatic carbocycles. The van der Waals surface area contributed by atoms with Crippen molar-refractivity contribution < 1.29 is 14.3 Å². The van der Waals surface area contributed by atoms with Crippen LogP contribution in [0.25, 0.3) is 0 Å². The number of hydrogen-bond acceptors (Lipinski definition) is 3. The highest BCUT2D eigenvalue weighted by molar-refractivity contribution is 6.07. The molecule has 0 aliphatic carbocycles. The molecule has 1 atom stereocenters. The first-order valence-electron chi connectivity index (χ1n) is 6.55. The first-order chi connectivity index (χ1) is 9.19. The van der Waals surface area contributed by atoms with Gasteiger partial charge >= 0.3 is 6.03 Å². The van der Waals surface area contributed by atoms with Gasteiger partial charge in [0.05, 0.1) is 6.61 Å². The van der Waals surface area contributed by atoms with E-state index in [1.807, 2.05) is 31.2 Å². The minimum absolute atomic E-state index is 0.157. The van der Waals surface area contributed by atoms with Crippen LogP contribution in [0, 0.1) is 0 Å². The molecular formula is C14H16N2O3. The van der Waals surface area contributed by atoms with Crippen molar-refractivity contribution in [2.75, 3.05) is 13.2 Å². The molecule has 0 bridgehead atoms. The average Bonchev–Trinajstić information content (AvgIpc) is 2.65. The Kier molecular flexibility index (Phi) is 2.69. The zero-order valence-electron chi connectivity index (χ0n) is 10.8. The lowest BCUT2D eigenvalue weighted by Crippen LogP contribution is -2.47. The van der Waals surface area contributed by atoms with Crippen LogP contribution in [0.4, 0.5) is 4.79 Å². The highest BCUT2D eigenvalue weighted by atomic mass is 16.5. The molecule has 5 heteroatoms. The van der Waals surface area contributed by atoms with E-state index in [9.17, 15) is 9.59 Å². The van der Waals surface area contributed by atoms with Gasteiger partial charge in [0.2, 0.25) is 0 Å². The molecule has 5 nitrogen and oxygen atoms in total. The van der Waals surface area contributed by atoms with Gasteiger partial charge in [0.25, 0.3) is 5.91 Å². The van der Waals surface area contributed by atoms with Crippen LogP contribution >= 0.6 is 0 Å². The van der Waals surface area contributed by atoms with E-state index in [0.29, 0.717) is 25.3 Å². The van der Waals surface area contributed by atoms with Gasteiger partial charge in [0.15, 0.2) is 5.54 Å². The van der Waals surface area contributed by atoms with Crippen molar-refractivity contribution in [1.82, 2.24) is 10.2 Å². The molecule has 0 unspecified atom stereocenters. The van der Waals surface area contributed by atoms with Crippen molar-refractivity contribution in [3.63, 3.8) is 0 Å². The number of amides is 3. The summed E-state index contributed by atoms with van der Waals surface area (Å²) in [5, 5.41) is 2.87. The summed E-state index contributed by atoms with van der Waals surface area (Å²) in [6, 6.07) is 7.10. The maximum Gasteiger partial charge on any atom is 0.325 e. The molecule has 0 aromatic heterocycles. The lowest BCUT2D eigenvalue weighted by atomic mass is 9.84. The van der Waals surface area contributed by atoms with Gasteiger partial charge < -0.3 is 10.1 Å². The summed E-state index contributed by atoms with van der Waals surface area (Å²) in [7, 11) is 0. The Bertz CT molecular complexity index is 543. The SMILES string of the molecule is CCCN1C(=O)N[C@]2(CCOc3ccccc32)C1=O. The monoisotopic (exact) mass is 260 g/mol. The second-order valence-electron chi connectivity index (χ2n) is 4.89. The number of urea groups is 1. The maximum absolute atomic E-state index is 12.6. The number of benzene rings is 1. The van der Waals surface area contributed by atoms with Crippen LogP contribution in [-0.2, 0) is 10.3 Å². The molecule has 2 aliphatic heterocycles. The van der Waals surface area contributed by atoms with E-state index >= 15 is 0 Å². The van der Waals surface area contributed by atoms with Crippen LogP contribution in [0.15, 0.2) is 24.3 Å². The highest BCUT2D eigenvalue weighted by Gasteiger charge is 2.54. The van der Waals surface area contributed by atoms with Gasteiger partial charge in [-0.3, -0.25) is 9.69 Å². The standard InChI is InChI=1S/C14H16N2O3/c1-2-8-16-12(17)14(15-13(16)18)7-9-19-11-6-4-3-5-10(11)14/h3-6H,2,7-9H2,1H3,(H,15,18)/t14-/m0/s1. The number of nitrogens with zero attached hydrogens (tertiary/aromatic N) is 1. The molecule has 1 fully saturated rings. The second-order valence-corrected chi connectivity index (χ2v) is 4.89. The number of ether oxygens (including phenoxy) is 1. The molecule has 1 saturated heterocycles. The predicted molar refractivity (Wildman–Crippen MR) is 68.8 cm³/mol. The number of para-hydroxylation sites is 1. The van der Waals surface area contributed by atoms with Gasteiger partial charge in [-0.05, 0) is 12.5 Å². The Labute approximate surface area is 111 Å². The lowest BCUT2D eigenvalue weighted by Gasteiger charge is -2.33. The Morgan fingerprint density at radius 1 is 1.37 bits per heavy atom. The molecular weight excluding hydrogens is 244 g/mol. The zero-order chi connectivity index (χ0) is 13.5. The molecule has 19 heavy (non-hydrogen) atoms. The van der Waals surface area contributed by atoms with E-state index in [1.165, 1.54) is 4.90 Å². The number of imide groups is 1. The van der Waals surface area contributed by atoms with Crippen molar-refractivity contribution in [3.05, 3.63) is 29.8 Å². The minimum Gasteiger partial charge on any atom is -0.493 e. The number of nitrogens with one attached hydrogen (secondary N) is 1. The third-order valence-electron chi connectivity index (χ3n) is 3.70. The van der Waals surface area contributed by atoms with Gasteiger partial charge in [-0.2, -0.15) is 0 Å². The second kappa shape index (κ2) is 4.26. The molecule has 100 valence electrons. The highest BCUT2D eigenvalue weighted by Crippen LogP contribution is 2.40. The summed E-state index contributed by atoms with van der Waals surface area (Å²) < 4.78 is 5.57. The van der Waals surface area contributed by atoms with Crippen LogP contribution < -0.4 is 10.1 Å². The maximum atomic E-state index is 12.6. The average molecular weight is 260 g/mol. The van der Waals surface area contributed by atoms with Crippen molar-refractivity contribution >= 4 is 11.9 Å². The molecule has 1 N–H and O–H groups in total. The van der Waals surface area contributed by atoms with Crippen LogP contribution in [0.2, 0.25) is 0 Å². The van der Waals surface area contributed by atoms with Gasteiger partial charge in [-0.1, -0.05) is 25.1 Å². The first-order valence-corrected chi connectivity index (χ1v) is 6.55. The summed E-state index contributed by atoms with van der Waals surface area (Å²) in [5.74, 6) is 0.524. The van der Waals surface area contributed by atoms with Crippen molar-refractivity contribution in [2.45, 2.75) is 25.3 Å². The number of fused-ring (bicyclic) bond motifs is 2. The number of hydrogen-bond donors (Lipinski definition) is 1. The Hall–Kier alpha value is -2.04. The van der Waals surface area contributed by atoms with Crippen LogP contribution in [0.3, 0.4) is 0 Å². The first kappa shape index (κ1) is 12.0. The van der Waals surface area contributed by atoms with Crippen molar-refractivity contribution in [1.29, 1.82) is 0 Å². The largest absolute Gasteiger partial charge is 0.493 e. The summed E-state index contributed by atoms with van der Waals surface area (Å²) in [5.41, 5.74) is -0.167. The molecule has 0 radical (unpaired) electrons. The summed E-state index contributed by atoms with van der Waals surface area (Å²) in [4.78, 5) is 26.0. The van der Waals surface area contributed by atoms with Gasteiger partial charge in [0, 0.05) is 18.5 Å². The summed E-state index contributed by atoms with van der Waals surface area (Å²) in [6.07, 6.45) is 1.24. The molecule has 3 amide bonds. The smallest absolute Gasteiger partial charge is 0.325 e. The third-order valence-corrected chi connectivity index (χ3v) is 3.70. The van der Waals surface area contributed by atoms with Gasteiger partial charge in [0.1, 0.15) is 5.75 Å². The topological polar surface area (TPSA) is 58.6 Å². The number of carbonyl (C=O) groups excluding carboxylic acids is 2. The van der Waals surface area contributed by atoms with E-state index in [-0.39, 0.29) is 11.9 Å². The minimum atomic E-state index is -0.929. The third kappa shape index (κ3) is 1.61.